The zero-order valence-corrected chi connectivity index (χ0v) is 31.6. The molecule has 6 heterocycles. The summed E-state index contributed by atoms with van der Waals surface area (Å²) in [5, 5.41) is 21.5. The van der Waals surface area contributed by atoms with Crippen LogP contribution in [0.3, 0.4) is 0 Å². The Labute approximate surface area is 310 Å². The number of fused-ring (bicyclic) bond motifs is 2. The highest BCUT2D eigenvalue weighted by Gasteiger charge is 2.52. The van der Waals surface area contributed by atoms with Crippen molar-refractivity contribution in [3.8, 4) is 0 Å². The number of phosphoric acid groups is 4. The highest BCUT2D eigenvalue weighted by atomic mass is 31.3. The van der Waals surface area contributed by atoms with Crippen LogP contribution in [0.15, 0.2) is 23.8 Å². The summed E-state index contributed by atoms with van der Waals surface area (Å²) in [5.41, 5.74) is 10.7. The van der Waals surface area contributed by atoms with Crippen molar-refractivity contribution in [3.05, 3.63) is 29.3 Å². The molecular formula is C22H32N10O20P4. The number of hydrogen-bond acceptors (Lipinski definition) is 22. The summed E-state index contributed by atoms with van der Waals surface area (Å²) in [6.45, 7) is -2.43. The first-order valence-electron chi connectivity index (χ1n) is 15.3. The highest BCUT2D eigenvalue weighted by molar-refractivity contribution is 7.66. The van der Waals surface area contributed by atoms with Crippen molar-refractivity contribution in [2.75, 3.05) is 38.4 Å². The van der Waals surface area contributed by atoms with Crippen LogP contribution in [0.4, 0.5) is 11.8 Å². The number of H-pyrrole nitrogens is 1. The average Bonchev–Trinajstić information content (AvgIpc) is 3.83. The van der Waals surface area contributed by atoms with E-state index in [9.17, 15) is 47.9 Å². The molecule has 0 saturated carbocycles. The van der Waals surface area contributed by atoms with E-state index in [1.54, 1.807) is 0 Å². The first-order chi connectivity index (χ1) is 26.1. The Balaban J connectivity index is 1.23. The number of methoxy groups -OCH3 is 1. The molecule has 11 atom stereocenters. The minimum absolute atomic E-state index is 0.0424. The van der Waals surface area contributed by atoms with Gasteiger partial charge in [-0.25, -0.2) is 38.2 Å². The zero-order valence-electron chi connectivity index (χ0n) is 28.0. The van der Waals surface area contributed by atoms with E-state index in [4.69, 9.17) is 49.0 Å². The van der Waals surface area contributed by atoms with E-state index in [0.29, 0.717) is 0 Å². The molecule has 30 nitrogen and oxygen atoms in total. The van der Waals surface area contributed by atoms with E-state index in [0.717, 1.165) is 17.2 Å². The monoisotopic (exact) mass is 880 g/mol. The summed E-state index contributed by atoms with van der Waals surface area (Å²) in [4.78, 5) is 82.6. The van der Waals surface area contributed by atoms with E-state index in [1.165, 1.54) is 18.0 Å². The van der Waals surface area contributed by atoms with Gasteiger partial charge in [0, 0.05) is 7.11 Å². The lowest BCUT2D eigenvalue weighted by Gasteiger charge is -2.26. The third kappa shape index (κ3) is 9.24. The van der Waals surface area contributed by atoms with Crippen LogP contribution < -0.4 is 17.0 Å². The Morgan fingerprint density at radius 2 is 1.41 bits per heavy atom. The van der Waals surface area contributed by atoms with E-state index >= 15 is 0 Å². The molecule has 0 aliphatic carbocycles. The molecule has 0 radical (unpaired) electrons. The Kier molecular flexibility index (Phi) is 12.0. The van der Waals surface area contributed by atoms with Gasteiger partial charge in [-0.2, -0.15) is 13.6 Å². The van der Waals surface area contributed by atoms with Crippen LogP contribution in [0, 0.1) is 5.92 Å². The highest BCUT2D eigenvalue weighted by Crippen LogP contribution is 2.66. The largest absolute Gasteiger partial charge is 0.490 e. The summed E-state index contributed by atoms with van der Waals surface area (Å²) < 4.78 is 91.1. The average molecular weight is 880 g/mol. The second kappa shape index (κ2) is 15.9. The molecular weight excluding hydrogens is 848 g/mol. The number of nitrogens with one attached hydrogen (secondary N) is 1. The first-order valence-corrected chi connectivity index (χ1v) is 21.4. The Morgan fingerprint density at radius 1 is 0.786 bits per heavy atom. The Bertz CT molecular complexity index is 2340. The summed E-state index contributed by atoms with van der Waals surface area (Å²) in [6.07, 6.45) is -7.84. The number of phosphoric ester groups is 2. The minimum Gasteiger partial charge on any atom is -0.387 e. The van der Waals surface area contributed by atoms with Crippen LogP contribution in [-0.2, 0) is 54.7 Å². The van der Waals surface area contributed by atoms with Gasteiger partial charge in [0.15, 0.2) is 28.9 Å². The van der Waals surface area contributed by atoms with Gasteiger partial charge in [-0.15, -0.1) is 0 Å². The van der Waals surface area contributed by atoms with Crippen molar-refractivity contribution in [2.24, 2.45) is 5.92 Å². The molecule has 0 bridgehead atoms. The molecule has 2 fully saturated rings. The summed E-state index contributed by atoms with van der Waals surface area (Å²) in [5.74, 6) is -1.51. The fraction of sp³-hybridized carbons (Fsp3) is 0.545. The van der Waals surface area contributed by atoms with Gasteiger partial charge in [0.2, 0.25) is 5.95 Å². The Hall–Kier alpha value is -3.18. The van der Waals surface area contributed by atoms with Gasteiger partial charge < -0.3 is 60.4 Å². The quantitative estimate of drug-likeness (QED) is 0.0531. The minimum atomic E-state index is -5.93. The van der Waals surface area contributed by atoms with E-state index in [-0.39, 0.29) is 40.7 Å². The van der Waals surface area contributed by atoms with Crippen LogP contribution in [-0.4, -0.2) is 131 Å². The number of nitrogen functional groups attached to an aromatic ring is 2. The number of nitrogens with zero attached hydrogens (tertiary/aromatic N) is 7. The zero-order chi connectivity index (χ0) is 41.0. The second-order valence-electron chi connectivity index (χ2n) is 11.8. The molecule has 2 aliphatic rings. The molecule has 12 N–H and O–H groups in total. The predicted molar refractivity (Wildman–Crippen MR) is 178 cm³/mol. The summed E-state index contributed by atoms with van der Waals surface area (Å²) >= 11 is 0. The van der Waals surface area contributed by atoms with Gasteiger partial charge in [0.1, 0.15) is 48.6 Å². The van der Waals surface area contributed by atoms with Crippen LogP contribution in [0.2, 0.25) is 0 Å². The number of anilines is 2. The van der Waals surface area contributed by atoms with Gasteiger partial charge >= 0.3 is 31.3 Å². The molecule has 4 aromatic rings. The maximum Gasteiger partial charge on any atom is 0.490 e. The smallest absolute Gasteiger partial charge is 0.387 e. The van der Waals surface area contributed by atoms with Crippen molar-refractivity contribution < 1.29 is 89.3 Å². The Morgan fingerprint density at radius 3 is 2.09 bits per heavy atom. The van der Waals surface area contributed by atoms with Gasteiger partial charge in [-0.3, -0.25) is 32.5 Å². The third-order valence-electron chi connectivity index (χ3n) is 8.03. The number of nitrogens with two attached hydrogens (primary N) is 2. The number of rotatable bonds is 16. The molecule has 2 saturated heterocycles. The lowest BCUT2D eigenvalue weighted by Crippen LogP contribution is -2.36. The first kappa shape index (κ1) is 42.4. The molecule has 2 aliphatic heterocycles. The number of ether oxygens (including phenoxy) is 3. The fourth-order valence-electron chi connectivity index (χ4n) is 5.82. The summed E-state index contributed by atoms with van der Waals surface area (Å²) in [7, 11) is -21.5. The van der Waals surface area contributed by atoms with Crippen molar-refractivity contribution in [2.45, 2.75) is 43.0 Å². The standard InChI is InChI=1S/C22H32N10O20P4/c1-45-2-8-15(50-54(39,40)46-3-9-13(33)14(34)21(48-9)32-7-28-12-18(32)29-22(24)30-19(12)35)10(4-47-55(41,42)52-56(43,44)51-53(36,37)38)49-20(8)31-6-27-11-16(23)25-5-26-17(11)31/h5-10,13-15,20-21,33-34H,2-4H2,1H3,(H,39,40)(H,41,42)(H,43,44)(H2,23,25,26)(H2,36,37,38)(H3,24,29,30,35)/t8-,9-,10?,13-,14-,15+,20-,21-/m1/s1. The predicted octanol–water partition coefficient (Wildman–Crippen LogP) is -2.25. The van der Waals surface area contributed by atoms with Crippen molar-refractivity contribution >= 4 is 65.4 Å². The number of aliphatic hydroxyl groups is 2. The van der Waals surface area contributed by atoms with Crippen molar-refractivity contribution in [1.82, 2.24) is 39.0 Å². The molecule has 0 aromatic carbocycles. The number of aromatic amines is 1. The normalized spacial score (nSPS) is 29.1. The number of hydrogen-bond donors (Lipinski definition) is 10. The van der Waals surface area contributed by atoms with Gasteiger partial charge in [0.25, 0.3) is 5.56 Å². The number of aliphatic hydroxyl groups excluding tert-OH is 2. The van der Waals surface area contributed by atoms with Crippen molar-refractivity contribution in [3.63, 3.8) is 0 Å². The van der Waals surface area contributed by atoms with Gasteiger partial charge in [0.05, 0.1) is 38.4 Å². The van der Waals surface area contributed by atoms with Crippen LogP contribution in [0.25, 0.3) is 22.3 Å². The maximum absolute atomic E-state index is 13.5. The number of imidazole rings is 2. The molecule has 0 spiro atoms. The van der Waals surface area contributed by atoms with Crippen molar-refractivity contribution in [1.29, 1.82) is 0 Å². The van der Waals surface area contributed by atoms with E-state index < -0.39 is 99.0 Å². The third-order valence-corrected chi connectivity index (χ3v) is 12.8. The molecule has 4 unspecified atom stereocenters. The lowest BCUT2D eigenvalue weighted by atomic mass is 10.0. The van der Waals surface area contributed by atoms with Crippen LogP contribution in [0.5, 0.6) is 0 Å². The molecule has 6 rings (SSSR count). The molecule has 34 heteroatoms. The second-order valence-corrected chi connectivity index (χ2v) is 17.6. The van der Waals surface area contributed by atoms with E-state index in [1.807, 2.05) is 0 Å². The molecule has 0 amide bonds. The number of aromatic nitrogens is 8. The SMILES string of the molecule is COC[C@@H]1[C@H](OP(=O)(O)OC[C@H]2O[C@@H](n3cnc4c(=O)[nH]c(N)nc43)[C@H](O)[C@@H]2O)C(COP(=O)(O)OP(=O)(O)OP(=O)(O)O)O[C@H]1n1cnc2c(N)ncnc21. The van der Waals surface area contributed by atoms with Crippen LogP contribution in [0.1, 0.15) is 12.5 Å². The molecule has 56 heavy (non-hydrogen) atoms. The van der Waals surface area contributed by atoms with Crippen LogP contribution >= 0.6 is 31.3 Å². The topological polar surface area (TPSA) is 443 Å². The molecule has 310 valence electrons. The molecule has 4 aromatic heterocycles. The van der Waals surface area contributed by atoms with E-state index in [2.05, 4.69) is 38.5 Å². The maximum atomic E-state index is 13.5. The van der Waals surface area contributed by atoms with Gasteiger partial charge in [-0.05, 0) is 0 Å². The van der Waals surface area contributed by atoms with Gasteiger partial charge in [-0.1, -0.05) is 0 Å². The summed E-state index contributed by atoms with van der Waals surface area (Å²) in [6, 6.07) is 0. The fourth-order valence-corrected chi connectivity index (χ4v) is 9.85. The lowest BCUT2D eigenvalue weighted by molar-refractivity contribution is -0.0581.